The summed E-state index contributed by atoms with van der Waals surface area (Å²) in [6.45, 7) is 7.34. The van der Waals surface area contributed by atoms with Crippen LogP contribution in [0.1, 0.15) is 27.9 Å². The van der Waals surface area contributed by atoms with Gasteiger partial charge in [0.15, 0.2) is 0 Å². The van der Waals surface area contributed by atoms with Crippen molar-refractivity contribution in [3.63, 3.8) is 0 Å². The highest BCUT2D eigenvalue weighted by Gasteiger charge is 2.30. The van der Waals surface area contributed by atoms with Crippen LogP contribution in [-0.4, -0.2) is 70.6 Å². The zero-order chi connectivity index (χ0) is 33.9. The molecule has 3 aromatic rings. The lowest BCUT2D eigenvalue weighted by atomic mass is 10.0. The van der Waals surface area contributed by atoms with Crippen molar-refractivity contribution < 1.29 is 32.6 Å². The molecule has 0 aliphatic heterocycles. The molecule has 246 valence electrons. The van der Waals surface area contributed by atoms with Crippen molar-refractivity contribution in [1.29, 1.82) is 0 Å². The normalized spacial score (nSPS) is 13.2. The second kappa shape index (κ2) is 17.0. The summed E-state index contributed by atoms with van der Waals surface area (Å²) in [5.41, 5.74) is 2.54. The monoisotopic (exact) mass is 669 g/mol. The Morgan fingerprint density at radius 3 is 2.37 bits per heavy atom. The SMILES string of the molecule is C=CCc1cccc(OC[C@H](NC(=O)c2cc(CC=C)cc(N(C)S(C)(=O)=O)c2)[C@@H](O)C[C@@H](OC)C(=O)Nc2cccc(Cl)c2)c1. The first-order valence-electron chi connectivity index (χ1n) is 14.4. The molecule has 0 aromatic heterocycles. The van der Waals surface area contributed by atoms with Gasteiger partial charge in [-0.2, -0.15) is 0 Å². The van der Waals surface area contributed by atoms with E-state index in [0.717, 1.165) is 16.1 Å². The van der Waals surface area contributed by atoms with Crippen molar-refractivity contribution in [2.75, 3.05) is 36.6 Å². The number of anilines is 2. The molecule has 3 N–H and O–H groups in total. The Morgan fingerprint density at radius 1 is 1.02 bits per heavy atom. The lowest BCUT2D eigenvalue weighted by Gasteiger charge is -2.27. The largest absolute Gasteiger partial charge is 0.491 e. The Kier molecular flexibility index (Phi) is 13.4. The summed E-state index contributed by atoms with van der Waals surface area (Å²) >= 11 is 6.04. The molecule has 3 rings (SSSR count). The number of carbonyl (C=O) groups is 2. The standard InChI is InChI=1S/C34H40ClN3O7S/c1-6-10-23-12-8-15-29(18-23)45-22-30(31(39)21-32(44-4)34(41)36-27-14-9-13-26(35)20-27)37-33(40)25-16-24(11-7-2)17-28(19-25)38(3)46(5,42)43/h6-9,12-20,30-32,39H,1-2,10-11,21-22H2,3-5H3,(H,36,41)(H,37,40)/t30-,31-,32+/m0/s1. The van der Waals surface area contributed by atoms with Gasteiger partial charge in [0.25, 0.3) is 11.8 Å². The van der Waals surface area contributed by atoms with E-state index in [2.05, 4.69) is 23.8 Å². The summed E-state index contributed by atoms with van der Waals surface area (Å²) in [7, 11) is -0.877. The Balaban J connectivity index is 1.88. The fraction of sp³-hybridized carbons (Fsp3) is 0.294. The van der Waals surface area contributed by atoms with Crippen LogP contribution < -0.4 is 19.7 Å². The maximum absolute atomic E-state index is 13.6. The molecule has 0 saturated heterocycles. The van der Waals surface area contributed by atoms with Gasteiger partial charge < -0.3 is 25.2 Å². The Morgan fingerprint density at radius 2 is 1.72 bits per heavy atom. The first kappa shape index (κ1) is 36.3. The van der Waals surface area contributed by atoms with Gasteiger partial charge in [-0.3, -0.25) is 13.9 Å². The van der Waals surface area contributed by atoms with E-state index in [-0.39, 0.29) is 24.3 Å². The number of nitrogens with one attached hydrogen (secondary N) is 2. The maximum Gasteiger partial charge on any atom is 0.253 e. The molecule has 0 bridgehead atoms. The molecule has 12 heteroatoms. The van der Waals surface area contributed by atoms with E-state index in [4.69, 9.17) is 21.1 Å². The van der Waals surface area contributed by atoms with Crippen LogP contribution in [0.15, 0.2) is 92.0 Å². The van der Waals surface area contributed by atoms with E-state index in [9.17, 15) is 23.1 Å². The van der Waals surface area contributed by atoms with E-state index in [1.807, 2.05) is 18.2 Å². The lowest BCUT2D eigenvalue weighted by Crippen LogP contribution is -2.49. The molecule has 0 aliphatic rings. The molecule has 0 radical (unpaired) electrons. The van der Waals surface area contributed by atoms with Crippen molar-refractivity contribution in [3.05, 3.63) is 114 Å². The van der Waals surface area contributed by atoms with E-state index in [1.54, 1.807) is 54.6 Å². The first-order valence-corrected chi connectivity index (χ1v) is 16.7. The molecule has 0 fully saturated rings. The predicted molar refractivity (Wildman–Crippen MR) is 182 cm³/mol. The van der Waals surface area contributed by atoms with Gasteiger partial charge in [0, 0.05) is 36.9 Å². The van der Waals surface area contributed by atoms with E-state index in [0.29, 0.717) is 34.9 Å². The summed E-state index contributed by atoms with van der Waals surface area (Å²) in [5.74, 6) is -0.588. The molecule has 46 heavy (non-hydrogen) atoms. The van der Waals surface area contributed by atoms with Gasteiger partial charge in [0.2, 0.25) is 10.0 Å². The minimum Gasteiger partial charge on any atom is -0.491 e. The van der Waals surface area contributed by atoms with Crippen molar-refractivity contribution in [2.24, 2.45) is 0 Å². The number of aliphatic hydroxyl groups is 1. The van der Waals surface area contributed by atoms with Gasteiger partial charge in [0.1, 0.15) is 18.5 Å². The van der Waals surface area contributed by atoms with E-state index in [1.165, 1.54) is 20.2 Å². The number of hydrogen-bond acceptors (Lipinski definition) is 7. The molecule has 0 aliphatic carbocycles. The van der Waals surface area contributed by atoms with Crippen LogP contribution in [-0.2, 0) is 32.4 Å². The molecular weight excluding hydrogens is 630 g/mol. The van der Waals surface area contributed by atoms with Crippen LogP contribution in [0.5, 0.6) is 5.75 Å². The lowest BCUT2D eigenvalue weighted by molar-refractivity contribution is -0.127. The third kappa shape index (κ3) is 10.7. The average molecular weight is 670 g/mol. The number of methoxy groups -OCH3 is 1. The van der Waals surface area contributed by atoms with Gasteiger partial charge in [0.05, 0.1) is 24.1 Å². The van der Waals surface area contributed by atoms with Crippen LogP contribution >= 0.6 is 11.6 Å². The van der Waals surface area contributed by atoms with Gasteiger partial charge in [-0.25, -0.2) is 8.42 Å². The summed E-state index contributed by atoms with van der Waals surface area (Å²) < 4.78 is 37.0. The number of hydrogen-bond donors (Lipinski definition) is 3. The number of carbonyl (C=O) groups excluding carboxylic acids is 2. The number of rotatable bonds is 17. The number of aliphatic hydroxyl groups excluding tert-OH is 1. The van der Waals surface area contributed by atoms with Gasteiger partial charge in [-0.1, -0.05) is 42.0 Å². The number of amides is 2. The quantitative estimate of drug-likeness (QED) is 0.176. The molecular formula is C34H40ClN3O7S. The average Bonchev–Trinajstić information content (AvgIpc) is 3.01. The highest BCUT2D eigenvalue weighted by molar-refractivity contribution is 7.92. The summed E-state index contributed by atoms with van der Waals surface area (Å²) in [6.07, 6.45) is 2.91. The summed E-state index contributed by atoms with van der Waals surface area (Å²) in [5, 5.41) is 17.4. The second-order valence-corrected chi connectivity index (χ2v) is 13.1. The topological polar surface area (TPSA) is 134 Å². The number of halogens is 1. The summed E-state index contributed by atoms with van der Waals surface area (Å²) in [4.78, 5) is 26.7. The number of allylic oxidation sites excluding steroid dienone is 2. The van der Waals surface area contributed by atoms with Gasteiger partial charge in [-0.05, 0) is 72.5 Å². The van der Waals surface area contributed by atoms with Gasteiger partial charge >= 0.3 is 0 Å². The number of benzene rings is 3. The van der Waals surface area contributed by atoms with Crippen LogP contribution in [0.3, 0.4) is 0 Å². The Bertz CT molecular complexity index is 1650. The minimum absolute atomic E-state index is 0.154. The molecule has 10 nitrogen and oxygen atoms in total. The fourth-order valence-corrected chi connectivity index (χ4v) is 5.24. The molecule has 3 atom stereocenters. The minimum atomic E-state index is -3.61. The van der Waals surface area contributed by atoms with E-state index < -0.39 is 40.1 Å². The molecule has 3 aromatic carbocycles. The Labute approximate surface area is 275 Å². The highest BCUT2D eigenvalue weighted by atomic mass is 35.5. The summed E-state index contributed by atoms with van der Waals surface area (Å²) in [6, 6.07) is 17.6. The first-order chi connectivity index (χ1) is 21.8. The predicted octanol–water partition coefficient (Wildman–Crippen LogP) is 4.77. The van der Waals surface area contributed by atoms with Crippen molar-refractivity contribution in [1.82, 2.24) is 5.32 Å². The van der Waals surface area contributed by atoms with Crippen LogP contribution in [0.2, 0.25) is 5.02 Å². The van der Waals surface area contributed by atoms with E-state index >= 15 is 0 Å². The zero-order valence-electron chi connectivity index (χ0n) is 26.1. The molecule has 0 heterocycles. The zero-order valence-corrected chi connectivity index (χ0v) is 27.7. The third-order valence-corrected chi connectivity index (χ3v) is 8.54. The molecule has 0 saturated carbocycles. The number of sulfonamides is 1. The van der Waals surface area contributed by atoms with Crippen molar-refractivity contribution in [2.45, 2.75) is 37.5 Å². The molecule has 2 amide bonds. The smallest absolute Gasteiger partial charge is 0.253 e. The maximum atomic E-state index is 13.6. The van der Waals surface area contributed by atoms with Crippen LogP contribution in [0.4, 0.5) is 11.4 Å². The number of nitrogens with zero attached hydrogens (tertiary/aromatic N) is 1. The molecule has 0 unspecified atom stereocenters. The highest BCUT2D eigenvalue weighted by Crippen LogP contribution is 2.23. The Hall–Kier alpha value is -4.16. The fourth-order valence-electron chi connectivity index (χ4n) is 4.56. The second-order valence-electron chi connectivity index (χ2n) is 10.7. The van der Waals surface area contributed by atoms with Crippen molar-refractivity contribution in [3.8, 4) is 5.75 Å². The van der Waals surface area contributed by atoms with Gasteiger partial charge in [-0.15, -0.1) is 13.2 Å². The van der Waals surface area contributed by atoms with Crippen LogP contribution in [0.25, 0.3) is 0 Å². The van der Waals surface area contributed by atoms with Crippen molar-refractivity contribution >= 4 is 44.8 Å². The number of ether oxygens (including phenoxy) is 2. The molecule has 0 spiro atoms. The van der Waals surface area contributed by atoms with Crippen LogP contribution in [0, 0.1) is 0 Å². The third-order valence-electron chi connectivity index (χ3n) is 7.09.